The monoisotopic (exact) mass is 301 g/mol. The van der Waals surface area contributed by atoms with E-state index in [1.54, 1.807) is 18.9 Å². The van der Waals surface area contributed by atoms with Crippen LogP contribution in [0.2, 0.25) is 0 Å². The van der Waals surface area contributed by atoms with E-state index in [0.717, 1.165) is 16.2 Å². The molecule has 0 aliphatic carbocycles. The molecule has 0 unspecified atom stereocenters. The van der Waals surface area contributed by atoms with Crippen molar-refractivity contribution in [2.75, 3.05) is 13.7 Å². The summed E-state index contributed by atoms with van der Waals surface area (Å²) in [5, 5.41) is 0. The lowest BCUT2D eigenvalue weighted by Gasteiger charge is -2.05. The molecule has 0 heterocycles. The van der Waals surface area contributed by atoms with E-state index >= 15 is 0 Å². The minimum atomic E-state index is -0.274. The van der Waals surface area contributed by atoms with Crippen LogP contribution >= 0.6 is 11.8 Å². The highest BCUT2D eigenvalue weighted by Crippen LogP contribution is 2.25. The summed E-state index contributed by atoms with van der Waals surface area (Å²) in [4.78, 5) is 1.11. The van der Waals surface area contributed by atoms with E-state index in [-0.39, 0.29) is 12.4 Å². The van der Waals surface area contributed by atoms with Crippen LogP contribution in [0.4, 0.5) is 4.39 Å². The van der Waals surface area contributed by atoms with Gasteiger partial charge in [-0.3, -0.25) is 0 Å². The summed E-state index contributed by atoms with van der Waals surface area (Å²) in [6, 6.07) is 12.6. The van der Waals surface area contributed by atoms with Gasteiger partial charge in [0.2, 0.25) is 0 Å². The number of ether oxygens (including phenoxy) is 1. The molecule has 2 aromatic carbocycles. The lowest BCUT2D eigenvalue weighted by molar-refractivity contribution is 0.414. The van der Waals surface area contributed by atoms with Gasteiger partial charge in [-0.05, 0) is 48.0 Å². The Bertz CT molecular complexity index is 659. The zero-order valence-electron chi connectivity index (χ0n) is 11.7. The van der Waals surface area contributed by atoms with Crippen LogP contribution in [-0.2, 0) is 5.75 Å². The first-order valence-electron chi connectivity index (χ1n) is 6.46. The predicted molar refractivity (Wildman–Crippen MR) is 84.9 cm³/mol. The van der Waals surface area contributed by atoms with E-state index in [0.29, 0.717) is 11.3 Å². The lowest BCUT2D eigenvalue weighted by atomic mass is 10.1. The third-order valence-corrected chi connectivity index (χ3v) is 3.84. The van der Waals surface area contributed by atoms with Gasteiger partial charge in [-0.2, -0.15) is 0 Å². The Morgan fingerprint density at radius 2 is 1.95 bits per heavy atom. The van der Waals surface area contributed by atoms with Crippen LogP contribution in [0.3, 0.4) is 0 Å². The van der Waals surface area contributed by atoms with Gasteiger partial charge in [-0.15, -0.1) is 11.8 Å². The maximum Gasteiger partial charge on any atom is 0.124 e. The Hall–Kier alpha value is -1.96. The molecule has 0 radical (unpaired) electrons. The summed E-state index contributed by atoms with van der Waals surface area (Å²) in [5.74, 6) is 6.83. The zero-order valence-corrected chi connectivity index (χ0v) is 12.5. The normalized spacial score (nSPS) is 9.86. The van der Waals surface area contributed by atoms with E-state index in [1.807, 2.05) is 30.3 Å². The Balaban J connectivity index is 2.06. The molecule has 2 nitrogen and oxygen atoms in total. The summed E-state index contributed by atoms with van der Waals surface area (Å²) in [7, 11) is 1.64. The number of methoxy groups -OCH3 is 1. The van der Waals surface area contributed by atoms with E-state index in [9.17, 15) is 4.39 Å². The molecule has 0 saturated heterocycles. The molecule has 2 N–H and O–H groups in total. The second kappa shape index (κ2) is 7.72. The topological polar surface area (TPSA) is 35.2 Å². The number of nitrogens with two attached hydrogens (primary N) is 1. The van der Waals surface area contributed by atoms with Crippen LogP contribution in [0.15, 0.2) is 47.4 Å². The molecule has 2 aromatic rings. The summed E-state index contributed by atoms with van der Waals surface area (Å²) >= 11 is 1.64. The highest BCUT2D eigenvalue weighted by atomic mass is 32.2. The van der Waals surface area contributed by atoms with Gasteiger partial charge >= 0.3 is 0 Å². The van der Waals surface area contributed by atoms with Gasteiger partial charge in [0.1, 0.15) is 11.6 Å². The SMILES string of the molecule is COc1ccc(SCc2cc(F)cc(C#CCN)c2)cc1. The van der Waals surface area contributed by atoms with Gasteiger partial charge in [-0.25, -0.2) is 4.39 Å². The summed E-state index contributed by atoms with van der Waals surface area (Å²) in [6.45, 7) is 0.270. The quantitative estimate of drug-likeness (QED) is 0.694. The molecule has 0 aliphatic heterocycles. The summed E-state index contributed by atoms with van der Waals surface area (Å²) in [5.41, 5.74) is 6.89. The van der Waals surface area contributed by atoms with Gasteiger partial charge in [0, 0.05) is 16.2 Å². The van der Waals surface area contributed by atoms with Crippen molar-refractivity contribution in [2.45, 2.75) is 10.6 Å². The first-order valence-corrected chi connectivity index (χ1v) is 7.45. The van der Waals surface area contributed by atoms with Gasteiger partial charge in [-0.1, -0.05) is 11.8 Å². The summed E-state index contributed by atoms with van der Waals surface area (Å²) in [6.07, 6.45) is 0. The lowest BCUT2D eigenvalue weighted by Crippen LogP contribution is -1.93. The number of hydrogen-bond acceptors (Lipinski definition) is 3. The van der Waals surface area contributed by atoms with E-state index in [4.69, 9.17) is 10.5 Å². The van der Waals surface area contributed by atoms with E-state index in [1.165, 1.54) is 12.1 Å². The molecule has 0 spiro atoms. The molecule has 0 bridgehead atoms. The second-order valence-corrected chi connectivity index (χ2v) is 5.37. The molecule has 0 fully saturated rings. The average Bonchev–Trinajstić information content (AvgIpc) is 2.51. The van der Waals surface area contributed by atoms with Gasteiger partial charge in [0.25, 0.3) is 0 Å². The van der Waals surface area contributed by atoms with Crippen molar-refractivity contribution in [3.63, 3.8) is 0 Å². The van der Waals surface area contributed by atoms with E-state index in [2.05, 4.69) is 11.8 Å². The molecule has 0 saturated carbocycles. The molecule has 108 valence electrons. The molecule has 21 heavy (non-hydrogen) atoms. The van der Waals surface area contributed by atoms with Gasteiger partial charge in [0.15, 0.2) is 0 Å². The van der Waals surface area contributed by atoms with Gasteiger partial charge < -0.3 is 10.5 Å². The molecular formula is C17H16FNOS. The van der Waals surface area contributed by atoms with Crippen LogP contribution in [0.25, 0.3) is 0 Å². The van der Waals surface area contributed by atoms with Crippen molar-refractivity contribution >= 4 is 11.8 Å². The maximum absolute atomic E-state index is 13.6. The molecule has 4 heteroatoms. The van der Waals surface area contributed by atoms with Crippen molar-refractivity contribution in [1.82, 2.24) is 0 Å². The Morgan fingerprint density at radius 1 is 1.19 bits per heavy atom. The predicted octanol–water partition coefficient (Wildman–Crippen LogP) is 3.44. The van der Waals surface area contributed by atoms with Crippen molar-refractivity contribution in [2.24, 2.45) is 5.73 Å². The Labute approximate surface area is 128 Å². The number of benzene rings is 2. The van der Waals surface area contributed by atoms with Crippen molar-refractivity contribution < 1.29 is 9.13 Å². The minimum Gasteiger partial charge on any atom is -0.497 e. The average molecular weight is 301 g/mol. The van der Waals surface area contributed by atoms with Crippen molar-refractivity contribution in [1.29, 1.82) is 0 Å². The van der Waals surface area contributed by atoms with Crippen LogP contribution in [0, 0.1) is 17.7 Å². The largest absolute Gasteiger partial charge is 0.497 e. The van der Waals surface area contributed by atoms with Crippen LogP contribution < -0.4 is 10.5 Å². The number of rotatable bonds is 4. The highest BCUT2D eigenvalue weighted by molar-refractivity contribution is 7.98. The van der Waals surface area contributed by atoms with Crippen LogP contribution in [-0.4, -0.2) is 13.7 Å². The first kappa shape index (κ1) is 15.4. The third kappa shape index (κ3) is 4.82. The number of hydrogen-bond donors (Lipinski definition) is 1. The second-order valence-electron chi connectivity index (χ2n) is 4.32. The molecule has 2 rings (SSSR count). The standard InChI is InChI=1S/C17H16FNOS/c1-20-16-4-6-17(7-5-16)21-12-14-9-13(3-2-8-19)10-15(18)11-14/h4-7,9-11H,8,12,19H2,1H3. The van der Waals surface area contributed by atoms with Crippen LogP contribution in [0.5, 0.6) is 5.75 Å². The molecule has 0 aliphatic rings. The first-order chi connectivity index (χ1) is 10.2. The van der Waals surface area contributed by atoms with Crippen molar-refractivity contribution in [3.05, 3.63) is 59.4 Å². The number of halogens is 1. The fraction of sp³-hybridized carbons (Fsp3) is 0.176. The molecule has 0 aromatic heterocycles. The zero-order chi connectivity index (χ0) is 15.1. The summed E-state index contributed by atoms with van der Waals surface area (Å²) < 4.78 is 18.7. The highest BCUT2D eigenvalue weighted by Gasteiger charge is 2.01. The van der Waals surface area contributed by atoms with Gasteiger partial charge in [0.05, 0.1) is 13.7 Å². The van der Waals surface area contributed by atoms with Crippen molar-refractivity contribution in [3.8, 4) is 17.6 Å². The fourth-order valence-electron chi connectivity index (χ4n) is 1.80. The molecule has 0 amide bonds. The third-order valence-electron chi connectivity index (χ3n) is 2.76. The Morgan fingerprint density at radius 3 is 2.62 bits per heavy atom. The Kier molecular flexibility index (Phi) is 5.68. The number of thioether (sulfide) groups is 1. The maximum atomic E-state index is 13.6. The fourth-order valence-corrected chi connectivity index (χ4v) is 2.63. The molecule has 0 atom stereocenters. The molecular weight excluding hydrogens is 285 g/mol. The minimum absolute atomic E-state index is 0.270. The smallest absolute Gasteiger partial charge is 0.124 e. The van der Waals surface area contributed by atoms with Crippen LogP contribution in [0.1, 0.15) is 11.1 Å². The van der Waals surface area contributed by atoms with E-state index < -0.39 is 0 Å².